The number of ether oxygens (including phenoxy) is 1. The van der Waals surface area contributed by atoms with Crippen LogP contribution in [0.5, 0.6) is 5.75 Å². The molecule has 0 saturated carbocycles. The highest BCUT2D eigenvalue weighted by Gasteiger charge is 2.35. The topological polar surface area (TPSA) is 24.5 Å². The summed E-state index contributed by atoms with van der Waals surface area (Å²) < 4.78 is 5.36. The van der Waals surface area contributed by atoms with Crippen LogP contribution < -0.4 is 10.1 Å². The number of methoxy groups -OCH3 is 1. The summed E-state index contributed by atoms with van der Waals surface area (Å²) in [5.41, 5.74) is 1.37. The lowest BCUT2D eigenvalue weighted by Crippen LogP contribution is -2.44. The van der Waals surface area contributed by atoms with Crippen LogP contribution in [0.2, 0.25) is 0 Å². The fourth-order valence-corrected chi connectivity index (χ4v) is 3.86. The van der Waals surface area contributed by atoms with Crippen molar-refractivity contribution in [2.75, 3.05) is 20.2 Å². The monoisotopic (exact) mass is 274 g/mol. The third-order valence-corrected chi connectivity index (χ3v) is 4.98. The van der Waals surface area contributed by atoms with Gasteiger partial charge in [0.25, 0.3) is 0 Å². The van der Waals surface area contributed by atoms with Crippen LogP contribution in [0.1, 0.15) is 44.2 Å². The molecule has 1 aromatic rings. The Morgan fingerprint density at radius 1 is 1.30 bits per heavy atom. The lowest BCUT2D eigenvalue weighted by Gasteiger charge is -2.34. The van der Waals surface area contributed by atoms with Crippen molar-refractivity contribution in [3.8, 4) is 5.75 Å². The quantitative estimate of drug-likeness (QED) is 0.913. The van der Waals surface area contributed by atoms with E-state index in [1.54, 1.807) is 7.11 Å². The SMILES string of the molecule is COc1cccc(C(C)N2CCCC2C2CCCN2)c1. The molecule has 110 valence electrons. The van der Waals surface area contributed by atoms with Crippen molar-refractivity contribution in [1.82, 2.24) is 10.2 Å². The maximum absolute atomic E-state index is 5.36. The standard InChI is InChI=1S/C17H26N2O/c1-13(14-6-3-7-15(12-14)20-2)19-11-5-9-17(19)16-8-4-10-18-16/h3,6-7,12-13,16-18H,4-5,8-11H2,1-2H3. The predicted molar refractivity (Wildman–Crippen MR) is 82.2 cm³/mol. The summed E-state index contributed by atoms with van der Waals surface area (Å²) in [5, 5.41) is 3.69. The highest BCUT2D eigenvalue weighted by atomic mass is 16.5. The van der Waals surface area contributed by atoms with Crippen LogP contribution in [-0.4, -0.2) is 37.2 Å². The van der Waals surface area contributed by atoms with E-state index in [9.17, 15) is 0 Å². The number of hydrogen-bond donors (Lipinski definition) is 1. The van der Waals surface area contributed by atoms with Gasteiger partial charge in [-0.1, -0.05) is 12.1 Å². The number of benzene rings is 1. The minimum absolute atomic E-state index is 0.472. The molecule has 0 radical (unpaired) electrons. The lowest BCUT2D eigenvalue weighted by molar-refractivity contribution is 0.163. The van der Waals surface area contributed by atoms with Crippen LogP contribution >= 0.6 is 0 Å². The van der Waals surface area contributed by atoms with Gasteiger partial charge < -0.3 is 10.1 Å². The van der Waals surface area contributed by atoms with Crippen LogP contribution in [0.25, 0.3) is 0 Å². The second-order valence-electron chi connectivity index (χ2n) is 6.10. The van der Waals surface area contributed by atoms with Crippen LogP contribution in [0.4, 0.5) is 0 Å². The van der Waals surface area contributed by atoms with Crippen molar-refractivity contribution < 1.29 is 4.74 Å². The van der Waals surface area contributed by atoms with Crippen molar-refractivity contribution in [3.05, 3.63) is 29.8 Å². The maximum Gasteiger partial charge on any atom is 0.119 e. The van der Waals surface area contributed by atoms with Gasteiger partial charge in [-0.2, -0.15) is 0 Å². The first-order valence-corrected chi connectivity index (χ1v) is 7.92. The zero-order valence-corrected chi connectivity index (χ0v) is 12.6. The molecule has 3 atom stereocenters. The zero-order chi connectivity index (χ0) is 13.9. The lowest BCUT2D eigenvalue weighted by atomic mass is 10.0. The van der Waals surface area contributed by atoms with Gasteiger partial charge in [-0.3, -0.25) is 4.90 Å². The summed E-state index contributed by atoms with van der Waals surface area (Å²) in [6.45, 7) is 4.76. The van der Waals surface area contributed by atoms with Crippen molar-refractivity contribution in [2.24, 2.45) is 0 Å². The van der Waals surface area contributed by atoms with Crippen LogP contribution in [-0.2, 0) is 0 Å². The summed E-state index contributed by atoms with van der Waals surface area (Å²) in [6, 6.07) is 10.4. The van der Waals surface area contributed by atoms with Crippen LogP contribution in [0.3, 0.4) is 0 Å². The molecular weight excluding hydrogens is 248 g/mol. The zero-order valence-electron chi connectivity index (χ0n) is 12.6. The first kappa shape index (κ1) is 13.9. The van der Waals surface area contributed by atoms with Crippen molar-refractivity contribution in [1.29, 1.82) is 0 Å². The van der Waals surface area contributed by atoms with Gasteiger partial charge in [-0.05, 0) is 63.4 Å². The third kappa shape index (κ3) is 2.70. The molecule has 2 fully saturated rings. The molecule has 0 bridgehead atoms. The Hall–Kier alpha value is -1.06. The highest BCUT2D eigenvalue weighted by molar-refractivity contribution is 5.30. The summed E-state index contributed by atoms with van der Waals surface area (Å²) in [7, 11) is 1.74. The van der Waals surface area contributed by atoms with E-state index in [4.69, 9.17) is 4.74 Å². The van der Waals surface area contributed by atoms with Crippen LogP contribution in [0.15, 0.2) is 24.3 Å². The minimum Gasteiger partial charge on any atom is -0.497 e. The minimum atomic E-state index is 0.472. The number of nitrogens with one attached hydrogen (secondary N) is 1. The van der Waals surface area contributed by atoms with E-state index >= 15 is 0 Å². The van der Waals surface area contributed by atoms with Gasteiger partial charge in [-0.25, -0.2) is 0 Å². The predicted octanol–water partition coefficient (Wildman–Crippen LogP) is 2.97. The van der Waals surface area contributed by atoms with E-state index in [0.29, 0.717) is 18.1 Å². The van der Waals surface area contributed by atoms with E-state index in [1.807, 2.05) is 6.07 Å². The molecule has 0 amide bonds. The Labute approximate surface area is 122 Å². The maximum atomic E-state index is 5.36. The van der Waals surface area contributed by atoms with Gasteiger partial charge >= 0.3 is 0 Å². The third-order valence-electron chi connectivity index (χ3n) is 4.98. The number of likely N-dealkylation sites (tertiary alicyclic amines) is 1. The van der Waals surface area contributed by atoms with Crippen molar-refractivity contribution in [2.45, 2.75) is 50.7 Å². The normalized spacial score (nSPS) is 28.7. The molecule has 0 aliphatic carbocycles. The molecule has 1 N–H and O–H groups in total. The summed E-state index contributed by atoms with van der Waals surface area (Å²) in [4.78, 5) is 2.69. The average molecular weight is 274 g/mol. The molecule has 20 heavy (non-hydrogen) atoms. The van der Waals surface area contributed by atoms with Gasteiger partial charge in [0.15, 0.2) is 0 Å². The van der Waals surface area contributed by atoms with Gasteiger partial charge in [0, 0.05) is 18.1 Å². The molecule has 2 aliphatic rings. The van der Waals surface area contributed by atoms with E-state index in [2.05, 4.69) is 35.3 Å². The summed E-state index contributed by atoms with van der Waals surface area (Å²) in [5.74, 6) is 0.962. The second kappa shape index (κ2) is 6.15. The first-order chi connectivity index (χ1) is 9.79. The Bertz CT molecular complexity index is 442. The molecule has 2 aliphatic heterocycles. The fourth-order valence-electron chi connectivity index (χ4n) is 3.86. The van der Waals surface area contributed by atoms with Gasteiger partial charge in [0.1, 0.15) is 5.75 Å². The average Bonchev–Trinajstić information content (AvgIpc) is 3.16. The molecule has 3 heteroatoms. The van der Waals surface area contributed by atoms with Gasteiger partial charge in [0.05, 0.1) is 7.11 Å². The molecule has 0 spiro atoms. The summed E-state index contributed by atoms with van der Waals surface area (Å²) in [6.07, 6.45) is 5.34. The van der Waals surface area contributed by atoms with Crippen molar-refractivity contribution >= 4 is 0 Å². The molecular formula is C17H26N2O. The number of rotatable bonds is 4. The van der Waals surface area contributed by atoms with E-state index < -0.39 is 0 Å². The number of hydrogen-bond acceptors (Lipinski definition) is 3. The largest absolute Gasteiger partial charge is 0.497 e. The Kier molecular flexibility index (Phi) is 4.27. The Morgan fingerprint density at radius 2 is 2.20 bits per heavy atom. The van der Waals surface area contributed by atoms with E-state index in [1.165, 1.54) is 44.3 Å². The summed E-state index contributed by atoms with van der Waals surface area (Å²) >= 11 is 0. The van der Waals surface area contributed by atoms with E-state index in [-0.39, 0.29) is 0 Å². The fraction of sp³-hybridized carbons (Fsp3) is 0.647. The molecule has 0 aromatic heterocycles. The smallest absolute Gasteiger partial charge is 0.119 e. The Morgan fingerprint density at radius 3 is 2.95 bits per heavy atom. The van der Waals surface area contributed by atoms with Crippen LogP contribution in [0, 0.1) is 0 Å². The second-order valence-corrected chi connectivity index (χ2v) is 6.10. The van der Waals surface area contributed by atoms with Gasteiger partial charge in [-0.15, -0.1) is 0 Å². The van der Waals surface area contributed by atoms with Gasteiger partial charge in [0.2, 0.25) is 0 Å². The molecule has 2 saturated heterocycles. The number of nitrogens with zero attached hydrogens (tertiary/aromatic N) is 1. The first-order valence-electron chi connectivity index (χ1n) is 7.92. The molecule has 3 nitrogen and oxygen atoms in total. The van der Waals surface area contributed by atoms with E-state index in [0.717, 1.165) is 5.75 Å². The highest BCUT2D eigenvalue weighted by Crippen LogP contribution is 2.33. The Balaban J connectivity index is 1.75. The molecule has 2 heterocycles. The molecule has 3 unspecified atom stereocenters. The molecule has 1 aromatic carbocycles. The van der Waals surface area contributed by atoms with Crippen molar-refractivity contribution in [3.63, 3.8) is 0 Å². The molecule has 3 rings (SSSR count).